The van der Waals surface area contributed by atoms with Crippen molar-refractivity contribution in [1.82, 2.24) is 4.98 Å². The Hall–Kier alpha value is -3.22. The first kappa shape index (κ1) is 14.2. The van der Waals surface area contributed by atoms with Crippen molar-refractivity contribution in [2.75, 3.05) is 10.6 Å². The van der Waals surface area contributed by atoms with E-state index in [4.69, 9.17) is 0 Å². The molecule has 1 aromatic carbocycles. The lowest BCUT2D eigenvalue weighted by Gasteiger charge is -2.07. The molecule has 0 spiro atoms. The third kappa shape index (κ3) is 3.87. The maximum Gasteiger partial charge on any atom is 0.315 e. The summed E-state index contributed by atoms with van der Waals surface area (Å²) in [7, 11) is 0. The van der Waals surface area contributed by atoms with E-state index in [9.17, 15) is 19.5 Å². The highest BCUT2D eigenvalue weighted by molar-refractivity contribution is 6.43. The molecule has 106 valence electrons. The number of pyridine rings is 1. The summed E-state index contributed by atoms with van der Waals surface area (Å²) < 4.78 is 0. The fourth-order valence-electron chi connectivity index (χ4n) is 1.49. The van der Waals surface area contributed by atoms with Gasteiger partial charge in [0, 0.05) is 11.9 Å². The predicted molar refractivity (Wildman–Crippen MR) is 72.3 cm³/mol. The second-order valence-electron chi connectivity index (χ2n) is 3.99. The molecule has 0 radical (unpaired) electrons. The van der Waals surface area contributed by atoms with Crippen LogP contribution in [-0.2, 0) is 9.59 Å². The molecule has 0 saturated heterocycles. The molecule has 0 saturated carbocycles. The number of nitrogens with zero attached hydrogens (tertiary/aromatic N) is 1. The number of aromatic nitrogens is 1. The van der Waals surface area contributed by atoms with E-state index in [1.54, 1.807) is 18.2 Å². The van der Waals surface area contributed by atoms with Gasteiger partial charge in [-0.2, -0.15) is 0 Å². The first-order chi connectivity index (χ1) is 10.1. The van der Waals surface area contributed by atoms with Crippen LogP contribution in [0.4, 0.5) is 11.5 Å². The molecule has 0 aliphatic rings. The number of carboxylic acids is 1. The zero-order chi connectivity index (χ0) is 15.2. The van der Waals surface area contributed by atoms with Crippen LogP contribution in [0.15, 0.2) is 48.7 Å². The van der Waals surface area contributed by atoms with Crippen molar-refractivity contribution < 1.29 is 19.5 Å². The van der Waals surface area contributed by atoms with Gasteiger partial charge in [-0.15, -0.1) is 0 Å². The van der Waals surface area contributed by atoms with E-state index in [0.29, 0.717) is 5.69 Å². The molecule has 0 aliphatic heterocycles. The molecule has 2 amide bonds. The second kappa shape index (κ2) is 6.29. The highest BCUT2D eigenvalue weighted by atomic mass is 16.4. The van der Waals surface area contributed by atoms with Crippen LogP contribution in [0.5, 0.6) is 0 Å². The summed E-state index contributed by atoms with van der Waals surface area (Å²) in [4.78, 5) is 37.7. The number of benzene rings is 1. The minimum absolute atomic E-state index is 0.0223. The van der Waals surface area contributed by atoms with Crippen LogP contribution in [0.1, 0.15) is 10.4 Å². The van der Waals surface area contributed by atoms with Gasteiger partial charge in [-0.05, 0) is 29.8 Å². The quantitative estimate of drug-likeness (QED) is 0.772. The average Bonchev–Trinajstić information content (AvgIpc) is 2.48. The van der Waals surface area contributed by atoms with Crippen molar-refractivity contribution in [3.8, 4) is 0 Å². The zero-order valence-corrected chi connectivity index (χ0v) is 10.7. The number of nitrogens with one attached hydrogen (secondary N) is 2. The Bertz CT molecular complexity index is 668. The van der Waals surface area contributed by atoms with E-state index in [1.807, 2.05) is 0 Å². The Morgan fingerprint density at radius 1 is 0.905 bits per heavy atom. The fourth-order valence-corrected chi connectivity index (χ4v) is 1.49. The second-order valence-corrected chi connectivity index (χ2v) is 3.99. The number of carbonyl (C=O) groups is 3. The van der Waals surface area contributed by atoms with Crippen molar-refractivity contribution >= 4 is 29.3 Å². The minimum atomic E-state index is -1.32. The number of rotatable bonds is 3. The van der Waals surface area contributed by atoms with Gasteiger partial charge in [0.05, 0.1) is 5.97 Å². The minimum Gasteiger partial charge on any atom is -0.545 e. The Balaban J connectivity index is 1.97. The Labute approximate surface area is 119 Å². The zero-order valence-electron chi connectivity index (χ0n) is 10.7. The highest BCUT2D eigenvalue weighted by Gasteiger charge is 2.14. The topological polar surface area (TPSA) is 111 Å². The van der Waals surface area contributed by atoms with E-state index >= 15 is 0 Å². The van der Waals surface area contributed by atoms with Crippen LogP contribution >= 0.6 is 0 Å². The molecular weight excluding hydrogens is 274 g/mol. The fraction of sp³-hybridized carbons (Fsp3) is 0. The number of aromatic carboxylic acids is 1. The molecule has 1 heterocycles. The molecule has 2 aromatic rings. The van der Waals surface area contributed by atoms with Gasteiger partial charge in [0.1, 0.15) is 5.82 Å². The number of carbonyl (C=O) groups excluding carboxylic acids is 3. The third-order valence-corrected chi connectivity index (χ3v) is 2.49. The lowest BCUT2D eigenvalue weighted by molar-refractivity contribution is -0.255. The first-order valence-electron chi connectivity index (χ1n) is 5.91. The largest absolute Gasteiger partial charge is 0.545 e. The van der Waals surface area contributed by atoms with Gasteiger partial charge in [0.25, 0.3) is 0 Å². The van der Waals surface area contributed by atoms with E-state index in [0.717, 1.165) is 0 Å². The Kier molecular flexibility index (Phi) is 4.25. The summed E-state index contributed by atoms with van der Waals surface area (Å²) in [6, 6.07) is 10.1. The molecule has 21 heavy (non-hydrogen) atoms. The van der Waals surface area contributed by atoms with E-state index in [2.05, 4.69) is 15.6 Å². The van der Waals surface area contributed by atoms with Crippen LogP contribution < -0.4 is 15.7 Å². The summed E-state index contributed by atoms with van der Waals surface area (Å²) in [5.74, 6) is -2.83. The van der Waals surface area contributed by atoms with Gasteiger partial charge < -0.3 is 20.5 Å². The molecule has 1 aromatic heterocycles. The van der Waals surface area contributed by atoms with Crippen LogP contribution in [0.2, 0.25) is 0 Å². The molecule has 0 bridgehead atoms. The molecule has 7 nitrogen and oxygen atoms in total. The van der Waals surface area contributed by atoms with Crippen molar-refractivity contribution in [2.45, 2.75) is 0 Å². The number of anilines is 2. The first-order valence-corrected chi connectivity index (χ1v) is 5.91. The lowest BCUT2D eigenvalue weighted by atomic mass is 10.2. The smallest absolute Gasteiger partial charge is 0.315 e. The SMILES string of the molecule is O=C(Nc1ccc(C(=O)[O-])cc1)C(=O)Nc1ccccn1. The van der Waals surface area contributed by atoms with E-state index in [-0.39, 0.29) is 11.4 Å². The predicted octanol–water partition coefficient (Wildman–Crippen LogP) is 0.0223. The molecule has 7 heteroatoms. The molecule has 0 unspecified atom stereocenters. The van der Waals surface area contributed by atoms with Crippen LogP contribution in [0.25, 0.3) is 0 Å². The molecule has 2 N–H and O–H groups in total. The molecule has 0 aliphatic carbocycles. The third-order valence-electron chi connectivity index (χ3n) is 2.49. The molecule has 2 rings (SSSR count). The number of hydrogen-bond acceptors (Lipinski definition) is 5. The molecule has 0 fully saturated rings. The molecular formula is C14H10N3O4-. The summed E-state index contributed by atoms with van der Waals surface area (Å²) in [5.41, 5.74) is 0.270. The van der Waals surface area contributed by atoms with Crippen LogP contribution in [-0.4, -0.2) is 22.8 Å². The van der Waals surface area contributed by atoms with Crippen LogP contribution in [0, 0.1) is 0 Å². The lowest BCUT2D eigenvalue weighted by Crippen LogP contribution is -2.29. The summed E-state index contributed by atoms with van der Waals surface area (Å²) in [5, 5.41) is 15.2. The Morgan fingerprint density at radius 3 is 2.14 bits per heavy atom. The molecule has 0 atom stereocenters. The Morgan fingerprint density at radius 2 is 1.57 bits per heavy atom. The van der Waals surface area contributed by atoms with Gasteiger partial charge >= 0.3 is 11.8 Å². The normalized spacial score (nSPS) is 9.71. The van der Waals surface area contributed by atoms with Gasteiger partial charge in [-0.25, -0.2) is 4.98 Å². The van der Waals surface area contributed by atoms with Gasteiger partial charge in [-0.1, -0.05) is 18.2 Å². The number of amides is 2. The van der Waals surface area contributed by atoms with Crippen molar-refractivity contribution in [2.24, 2.45) is 0 Å². The monoisotopic (exact) mass is 284 g/mol. The maximum atomic E-state index is 11.7. The summed E-state index contributed by atoms with van der Waals surface area (Å²) in [6.07, 6.45) is 1.48. The summed E-state index contributed by atoms with van der Waals surface area (Å²) in [6.45, 7) is 0. The maximum absolute atomic E-state index is 11.7. The number of hydrogen-bond donors (Lipinski definition) is 2. The van der Waals surface area contributed by atoms with Crippen LogP contribution in [0.3, 0.4) is 0 Å². The highest BCUT2D eigenvalue weighted by Crippen LogP contribution is 2.09. The van der Waals surface area contributed by atoms with Gasteiger partial charge in [0.15, 0.2) is 0 Å². The van der Waals surface area contributed by atoms with Crippen molar-refractivity contribution in [3.63, 3.8) is 0 Å². The van der Waals surface area contributed by atoms with E-state index < -0.39 is 17.8 Å². The van der Waals surface area contributed by atoms with Crippen molar-refractivity contribution in [1.29, 1.82) is 0 Å². The van der Waals surface area contributed by atoms with Crippen molar-refractivity contribution in [3.05, 3.63) is 54.2 Å². The van der Waals surface area contributed by atoms with Gasteiger partial charge in [-0.3, -0.25) is 9.59 Å². The average molecular weight is 284 g/mol. The standard InChI is InChI=1S/C14H11N3O4/c18-12(13(19)17-11-3-1-2-8-15-11)16-10-6-4-9(5-7-10)14(20)21/h1-8H,(H,16,18)(H,20,21)(H,15,17,19)/p-1. The van der Waals surface area contributed by atoms with Gasteiger partial charge in [0.2, 0.25) is 0 Å². The number of carboxylic acid groups (broad SMARTS) is 1. The summed E-state index contributed by atoms with van der Waals surface area (Å²) >= 11 is 0. The van der Waals surface area contributed by atoms with E-state index in [1.165, 1.54) is 30.5 Å².